The third kappa shape index (κ3) is 3.50. The lowest BCUT2D eigenvalue weighted by Crippen LogP contribution is -1.94. The summed E-state index contributed by atoms with van der Waals surface area (Å²) in [7, 11) is 5.91. The van der Waals surface area contributed by atoms with E-state index in [0.717, 1.165) is 0 Å². The van der Waals surface area contributed by atoms with Crippen molar-refractivity contribution in [3.05, 3.63) is 36.1 Å². The third-order valence-electron chi connectivity index (χ3n) is 3.09. The number of ether oxygens (including phenoxy) is 4. The molecule has 0 amide bonds. The fourth-order valence-electron chi connectivity index (χ4n) is 1.99. The van der Waals surface area contributed by atoms with Crippen LogP contribution in [0.2, 0.25) is 0 Å². The highest BCUT2D eigenvalue weighted by atomic mass is 19.1. The second kappa shape index (κ2) is 7.44. The van der Waals surface area contributed by atoms with E-state index in [9.17, 15) is 4.39 Å². The maximum absolute atomic E-state index is 13.7. The standard InChI is InChI=1S/C16H17FN2O4/c1-20-13-7-5-10(9-11(13)17)18-19-12-6-8-14(21-2)16(23-4)15(12)22-3/h5-9H,1-4H3. The van der Waals surface area contributed by atoms with E-state index in [1.165, 1.54) is 40.6 Å². The predicted molar refractivity (Wildman–Crippen MR) is 83.2 cm³/mol. The van der Waals surface area contributed by atoms with Crippen LogP contribution >= 0.6 is 0 Å². The molecule has 0 aliphatic carbocycles. The summed E-state index contributed by atoms with van der Waals surface area (Å²) in [4.78, 5) is 0. The Balaban J connectivity index is 2.37. The quantitative estimate of drug-likeness (QED) is 0.745. The molecule has 2 rings (SSSR count). The summed E-state index contributed by atoms with van der Waals surface area (Å²) in [5, 5.41) is 8.09. The number of rotatable bonds is 6. The molecule has 0 heterocycles. The van der Waals surface area contributed by atoms with E-state index in [2.05, 4.69) is 10.2 Å². The van der Waals surface area contributed by atoms with Gasteiger partial charge in [-0.05, 0) is 24.3 Å². The van der Waals surface area contributed by atoms with E-state index in [4.69, 9.17) is 18.9 Å². The summed E-state index contributed by atoms with van der Waals surface area (Å²) < 4.78 is 34.3. The Bertz CT molecular complexity index is 719. The topological polar surface area (TPSA) is 61.6 Å². The summed E-state index contributed by atoms with van der Waals surface area (Å²) in [5.41, 5.74) is 0.779. The molecule has 2 aromatic rings. The van der Waals surface area contributed by atoms with Crippen LogP contribution in [-0.2, 0) is 0 Å². The zero-order valence-corrected chi connectivity index (χ0v) is 13.3. The van der Waals surface area contributed by atoms with Crippen molar-refractivity contribution in [3.8, 4) is 23.0 Å². The molecule has 0 fully saturated rings. The Labute approximate surface area is 133 Å². The number of halogens is 1. The minimum atomic E-state index is -0.511. The minimum Gasteiger partial charge on any atom is -0.494 e. The SMILES string of the molecule is COc1ccc(N=Nc2ccc(OC)c(OC)c2OC)cc1F. The van der Waals surface area contributed by atoms with Crippen LogP contribution in [0.5, 0.6) is 23.0 Å². The molecule has 23 heavy (non-hydrogen) atoms. The number of nitrogens with zero attached hydrogens (tertiary/aromatic N) is 2. The second-order valence-corrected chi connectivity index (χ2v) is 4.37. The molecule has 0 aliphatic rings. The highest BCUT2D eigenvalue weighted by Gasteiger charge is 2.15. The van der Waals surface area contributed by atoms with Crippen molar-refractivity contribution in [2.75, 3.05) is 28.4 Å². The van der Waals surface area contributed by atoms with Crippen LogP contribution in [0.4, 0.5) is 15.8 Å². The molecule has 0 saturated carbocycles. The van der Waals surface area contributed by atoms with Gasteiger partial charge in [-0.1, -0.05) is 0 Å². The van der Waals surface area contributed by atoms with Crippen LogP contribution in [0.25, 0.3) is 0 Å². The summed E-state index contributed by atoms with van der Waals surface area (Å²) in [6.07, 6.45) is 0. The first-order valence-electron chi connectivity index (χ1n) is 6.68. The van der Waals surface area contributed by atoms with Crippen LogP contribution in [0.3, 0.4) is 0 Å². The first-order chi connectivity index (χ1) is 11.1. The fourth-order valence-corrected chi connectivity index (χ4v) is 1.99. The molecule has 7 heteroatoms. The van der Waals surface area contributed by atoms with Crippen molar-refractivity contribution in [2.45, 2.75) is 0 Å². The first kappa shape index (κ1) is 16.5. The van der Waals surface area contributed by atoms with Gasteiger partial charge in [-0.25, -0.2) is 4.39 Å². The van der Waals surface area contributed by atoms with Gasteiger partial charge in [0.2, 0.25) is 5.75 Å². The molecule has 122 valence electrons. The van der Waals surface area contributed by atoms with E-state index in [1.54, 1.807) is 18.2 Å². The average Bonchev–Trinajstić information content (AvgIpc) is 2.58. The molecular formula is C16H17FN2O4. The summed E-state index contributed by atoms with van der Waals surface area (Å²) in [6.45, 7) is 0. The van der Waals surface area contributed by atoms with Crippen molar-refractivity contribution in [1.29, 1.82) is 0 Å². The summed E-state index contributed by atoms with van der Waals surface area (Å²) >= 11 is 0. The minimum absolute atomic E-state index is 0.146. The second-order valence-electron chi connectivity index (χ2n) is 4.37. The van der Waals surface area contributed by atoms with Crippen molar-refractivity contribution >= 4 is 11.4 Å². The number of hydrogen-bond acceptors (Lipinski definition) is 6. The maximum atomic E-state index is 13.7. The zero-order chi connectivity index (χ0) is 16.8. The van der Waals surface area contributed by atoms with Crippen molar-refractivity contribution in [2.24, 2.45) is 10.2 Å². The normalized spacial score (nSPS) is 10.7. The Morgan fingerprint density at radius 1 is 0.739 bits per heavy atom. The lowest BCUT2D eigenvalue weighted by molar-refractivity contribution is 0.325. The average molecular weight is 320 g/mol. The highest BCUT2D eigenvalue weighted by Crippen LogP contribution is 2.44. The van der Waals surface area contributed by atoms with Gasteiger partial charge in [-0.2, -0.15) is 5.11 Å². The molecule has 0 N–H and O–H groups in total. The maximum Gasteiger partial charge on any atom is 0.205 e. The Morgan fingerprint density at radius 2 is 1.39 bits per heavy atom. The van der Waals surface area contributed by atoms with Crippen LogP contribution in [0, 0.1) is 5.82 Å². The van der Waals surface area contributed by atoms with Gasteiger partial charge in [0.05, 0.1) is 34.1 Å². The fraction of sp³-hybridized carbons (Fsp3) is 0.250. The zero-order valence-electron chi connectivity index (χ0n) is 13.3. The van der Waals surface area contributed by atoms with Gasteiger partial charge in [0.1, 0.15) is 5.69 Å². The van der Waals surface area contributed by atoms with Crippen LogP contribution in [0.15, 0.2) is 40.6 Å². The van der Waals surface area contributed by atoms with Crippen molar-refractivity contribution < 1.29 is 23.3 Å². The molecule has 6 nitrogen and oxygen atoms in total. The van der Waals surface area contributed by atoms with Gasteiger partial charge in [0, 0.05) is 6.07 Å². The first-order valence-corrected chi connectivity index (χ1v) is 6.68. The molecule has 2 aromatic carbocycles. The smallest absolute Gasteiger partial charge is 0.205 e. The molecule has 0 spiro atoms. The largest absolute Gasteiger partial charge is 0.494 e. The van der Waals surface area contributed by atoms with Crippen molar-refractivity contribution in [1.82, 2.24) is 0 Å². The van der Waals surface area contributed by atoms with Gasteiger partial charge < -0.3 is 18.9 Å². The van der Waals surface area contributed by atoms with Gasteiger partial charge >= 0.3 is 0 Å². The molecule has 0 atom stereocenters. The Kier molecular flexibility index (Phi) is 5.35. The third-order valence-corrected chi connectivity index (χ3v) is 3.09. The molecule has 0 aliphatic heterocycles. The number of benzene rings is 2. The molecule has 0 aromatic heterocycles. The highest BCUT2D eigenvalue weighted by molar-refractivity contribution is 5.65. The van der Waals surface area contributed by atoms with Crippen molar-refractivity contribution in [3.63, 3.8) is 0 Å². The number of hydrogen-bond donors (Lipinski definition) is 0. The van der Waals surface area contributed by atoms with Gasteiger partial charge in [-0.3, -0.25) is 0 Å². The summed E-state index contributed by atoms with van der Waals surface area (Å²) in [5.74, 6) is 0.937. The molecule has 0 unspecified atom stereocenters. The van der Waals surface area contributed by atoms with Crippen LogP contribution < -0.4 is 18.9 Å². The number of azo groups is 1. The Morgan fingerprint density at radius 3 is 1.96 bits per heavy atom. The Hall–Kier alpha value is -2.83. The van der Waals surface area contributed by atoms with E-state index in [-0.39, 0.29) is 5.75 Å². The molecule has 0 saturated heterocycles. The van der Waals surface area contributed by atoms with E-state index in [0.29, 0.717) is 28.6 Å². The number of methoxy groups -OCH3 is 4. The van der Waals surface area contributed by atoms with E-state index < -0.39 is 5.82 Å². The molecule has 0 bridgehead atoms. The van der Waals surface area contributed by atoms with Crippen LogP contribution in [0.1, 0.15) is 0 Å². The monoisotopic (exact) mass is 320 g/mol. The van der Waals surface area contributed by atoms with E-state index >= 15 is 0 Å². The van der Waals surface area contributed by atoms with Gasteiger partial charge in [0.15, 0.2) is 23.1 Å². The lowest BCUT2D eigenvalue weighted by atomic mass is 10.2. The molecule has 0 radical (unpaired) electrons. The molecular weight excluding hydrogens is 303 g/mol. The van der Waals surface area contributed by atoms with Gasteiger partial charge in [-0.15, -0.1) is 5.11 Å². The predicted octanol–water partition coefficient (Wildman–Crippen LogP) is 4.28. The van der Waals surface area contributed by atoms with E-state index in [1.807, 2.05) is 0 Å². The van der Waals surface area contributed by atoms with Crippen LogP contribution in [-0.4, -0.2) is 28.4 Å². The van der Waals surface area contributed by atoms with Gasteiger partial charge in [0.25, 0.3) is 0 Å². The lowest BCUT2D eigenvalue weighted by Gasteiger charge is -2.12. The summed E-state index contributed by atoms with van der Waals surface area (Å²) in [6, 6.07) is 7.66.